The number of hydrogen-bond donors (Lipinski definition) is 1. The van der Waals surface area contributed by atoms with Crippen LogP contribution in [-0.4, -0.2) is 37.8 Å². The lowest BCUT2D eigenvalue weighted by molar-refractivity contribution is -0.126. The molecule has 9 heteroatoms. The molecule has 0 bridgehead atoms. The summed E-state index contributed by atoms with van der Waals surface area (Å²) in [5.74, 6) is -0.622. The van der Waals surface area contributed by atoms with Crippen LogP contribution in [0.4, 0.5) is 5.13 Å². The molecule has 0 saturated carbocycles. The van der Waals surface area contributed by atoms with Crippen molar-refractivity contribution in [2.75, 3.05) is 11.9 Å². The molecular formula is C16H14N4O2S3. The molecule has 0 radical (unpaired) electrons. The molecule has 1 aromatic heterocycles. The molecule has 0 unspecified atom stereocenters. The minimum atomic E-state index is -0.357. The van der Waals surface area contributed by atoms with Gasteiger partial charge in [-0.2, -0.15) is 0 Å². The number of carbonyl (C=O) groups is 2. The molecule has 2 aromatic rings. The summed E-state index contributed by atoms with van der Waals surface area (Å²) in [4.78, 5) is 26.4. The highest BCUT2D eigenvalue weighted by Gasteiger charge is 2.33. The van der Waals surface area contributed by atoms with E-state index in [0.29, 0.717) is 14.4 Å². The van der Waals surface area contributed by atoms with Crippen LogP contribution >= 0.6 is 35.3 Å². The third-order valence-corrected chi connectivity index (χ3v) is 5.45. The maximum Gasteiger partial charge on any atom is 0.266 e. The normalized spacial score (nSPS) is 15.9. The van der Waals surface area contributed by atoms with E-state index >= 15 is 0 Å². The van der Waals surface area contributed by atoms with Gasteiger partial charge in [0.2, 0.25) is 11.0 Å². The summed E-state index contributed by atoms with van der Waals surface area (Å²) in [6.45, 7) is 3.65. The Morgan fingerprint density at radius 1 is 1.28 bits per heavy atom. The first-order chi connectivity index (χ1) is 11.9. The Morgan fingerprint density at radius 3 is 2.64 bits per heavy atom. The number of benzene rings is 1. The summed E-state index contributed by atoms with van der Waals surface area (Å²) in [6.07, 6.45) is 1.78. The minimum absolute atomic E-state index is 0.144. The van der Waals surface area contributed by atoms with Crippen molar-refractivity contribution in [2.45, 2.75) is 13.8 Å². The van der Waals surface area contributed by atoms with Gasteiger partial charge in [0.1, 0.15) is 15.9 Å². The molecule has 25 heavy (non-hydrogen) atoms. The highest BCUT2D eigenvalue weighted by molar-refractivity contribution is 8.26. The number of rotatable bonds is 4. The van der Waals surface area contributed by atoms with Crippen LogP contribution in [0.15, 0.2) is 29.2 Å². The zero-order chi connectivity index (χ0) is 18.0. The van der Waals surface area contributed by atoms with Crippen molar-refractivity contribution in [3.8, 4) is 0 Å². The number of nitrogens with one attached hydrogen (secondary N) is 1. The molecule has 0 aliphatic carbocycles. The maximum atomic E-state index is 12.5. The third kappa shape index (κ3) is 4.30. The molecule has 6 nitrogen and oxygen atoms in total. The predicted molar refractivity (Wildman–Crippen MR) is 104 cm³/mol. The monoisotopic (exact) mass is 390 g/mol. The van der Waals surface area contributed by atoms with Gasteiger partial charge in [0, 0.05) is 0 Å². The van der Waals surface area contributed by atoms with E-state index in [-0.39, 0.29) is 18.4 Å². The Bertz CT molecular complexity index is 874. The molecule has 0 atom stereocenters. The second-order valence-corrected chi connectivity index (χ2v) is 8.21. The summed E-state index contributed by atoms with van der Waals surface area (Å²) in [5.41, 5.74) is 2.06. The zero-order valence-corrected chi connectivity index (χ0v) is 15.9. The van der Waals surface area contributed by atoms with Gasteiger partial charge in [-0.3, -0.25) is 19.8 Å². The van der Waals surface area contributed by atoms with Gasteiger partial charge in [0.25, 0.3) is 5.91 Å². The van der Waals surface area contributed by atoms with Crippen LogP contribution in [-0.2, 0) is 9.59 Å². The van der Waals surface area contributed by atoms with Crippen molar-refractivity contribution >= 4 is 62.7 Å². The zero-order valence-electron chi connectivity index (χ0n) is 13.5. The summed E-state index contributed by atoms with van der Waals surface area (Å²) >= 11 is 7.71. The Balaban J connectivity index is 1.68. The van der Waals surface area contributed by atoms with Crippen LogP contribution in [0.3, 0.4) is 0 Å². The fourth-order valence-electron chi connectivity index (χ4n) is 2.10. The van der Waals surface area contributed by atoms with Crippen molar-refractivity contribution in [3.05, 3.63) is 45.3 Å². The Labute approximate surface area is 158 Å². The van der Waals surface area contributed by atoms with Gasteiger partial charge in [-0.1, -0.05) is 65.1 Å². The standard InChI is InChI=1S/C16H14N4O2S3/c1-9-3-5-11(6-4-9)7-12-14(22)20(16(23)25-12)8-13(21)17-15-19-18-10(2)24-15/h3-7H,8H2,1-2H3,(H,17,19,21). The smallest absolute Gasteiger partial charge is 0.266 e. The number of amides is 2. The van der Waals surface area contributed by atoms with Crippen molar-refractivity contribution in [2.24, 2.45) is 0 Å². The molecule has 3 rings (SSSR count). The molecule has 1 fully saturated rings. The molecule has 128 valence electrons. The van der Waals surface area contributed by atoms with E-state index in [2.05, 4.69) is 15.5 Å². The first-order valence-electron chi connectivity index (χ1n) is 7.34. The number of thioether (sulfide) groups is 1. The molecule has 2 heterocycles. The molecule has 1 saturated heterocycles. The Hall–Kier alpha value is -2.10. The van der Waals surface area contributed by atoms with Crippen molar-refractivity contribution in [1.82, 2.24) is 15.1 Å². The second-order valence-electron chi connectivity index (χ2n) is 5.35. The summed E-state index contributed by atoms with van der Waals surface area (Å²) in [7, 11) is 0. The second kappa shape index (κ2) is 7.42. The van der Waals surface area contributed by atoms with Crippen LogP contribution in [0.25, 0.3) is 6.08 Å². The van der Waals surface area contributed by atoms with E-state index in [1.54, 1.807) is 13.0 Å². The quantitative estimate of drug-likeness (QED) is 0.639. The van der Waals surface area contributed by atoms with E-state index in [4.69, 9.17) is 12.2 Å². The van der Waals surface area contributed by atoms with E-state index in [9.17, 15) is 9.59 Å². The number of hydrogen-bond acceptors (Lipinski definition) is 7. The largest absolute Gasteiger partial charge is 0.299 e. The summed E-state index contributed by atoms with van der Waals surface area (Å²) < 4.78 is 0.368. The summed E-state index contributed by atoms with van der Waals surface area (Å²) in [5, 5.41) is 11.4. The molecule has 1 aliphatic heterocycles. The first-order valence-corrected chi connectivity index (χ1v) is 9.38. The predicted octanol–water partition coefficient (Wildman–Crippen LogP) is 2.99. The SMILES string of the molecule is Cc1ccc(C=C2SC(=S)N(CC(=O)Nc3nnc(C)s3)C2=O)cc1. The van der Waals surface area contributed by atoms with E-state index in [1.165, 1.54) is 28.0 Å². The van der Waals surface area contributed by atoms with Crippen molar-refractivity contribution < 1.29 is 9.59 Å². The topological polar surface area (TPSA) is 75.2 Å². The van der Waals surface area contributed by atoms with Gasteiger partial charge < -0.3 is 0 Å². The number of carbonyl (C=O) groups excluding carboxylic acids is 2. The van der Waals surface area contributed by atoms with Gasteiger partial charge in [0.15, 0.2) is 0 Å². The highest BCUT2D eigenvalue weighted by atomic mass is 32.2. The minimum Gasteiger partial charge on any atom is -0.299 e. The lowest BCUT2D eigenvalue weighted by Crippen LogP contribution is -2.36. The van der Waals surface area contributed by atoms with Gasteiger partial charge in [-0.05, 0) is 25.5 Å². The van der Waals surface area contributed by atoms with E-state index in [1.807, 2.05) is 31.2 Å². The fourth-order valence-corrected chi connectivity index (χ4v) is 3.96. The average Bonchev–Trinajstić information content (AvgIpc) is 3.08. The van der Waals surface area contributed by atoms with Crippen molar-refractivity contribution in [3.63, 3.8) is 0 Å². The fraction of sp³-hybridized carbons (Fsp3) is 0.188. The lowest BCUT2D eigenvalue weighted by Gasteiger charge is -2.13. The number of thiocarbonyl (C=S) groups is 1. The lowest BCUT2D eigenvalue weighted by atomic mass is 10.1. The van der Waals surface area contributed by atoms with Crippen LogP contribution in [0, 0.1) is 13.8 Å². The Morgan fingerprint density at radius 2 is 2.00 bits per heavy atom. The molecule has 1 aromatic carbocycles. The molecule has 0 spiro atoms. The number of aryl methyl sites for hydroxylation is 2. The van der Waals surface area contributed by atoms with Crippen molar-refractivity contribution in [1.29, 1.82) is 0 Å². The molecule has 2 amide bonds. The average molecular weight is 391 g/mol. The molecule has 1 N–H and O–H groups in total. The number of anilines is 1. The van der Waals surface area contributed by atoms with Crippen LogP contribution in [0.5, 0.6) is 0 Å². The van der Waals surface area contributed by atoms with Gasteiger partial charge in [-0.15, -0.1) is 10.2 Å². The number of aromatic nitrogens is 2. The Kier molecular flexibility index (Phi) is 5.26. The first kappa shape index (κ1) is 17.7. The van der Waals surface area contributed by atoms with Crippen LogP contribution in [0.1, 0.15) is 16.1 Å². The third-order valence-electron chi connectivity index (χ3n) is 3.32. The van der Waals surface area contributed by atoms with Gasteiger partial charge in [0.05, 0.1) is 4.91 Å². The van der Waals surface area contributed by atoms with Crippen LogP contribution in [0.2, 0.25) is 0 Å². The van der Waals surface area contributed by atoms with E-state index in [0.717, 1.165) is 16.1 Å². The van der Waals surface area contributed by atoms with Crippen LogP contribution < -0.4 is 5.32 Å². The number of nitrogens with zero attached hydrogens (tertiary/aromatic N) is 3. The molecule has 1 aliphatic rings. The highest BCUT2D eigenvalue weighted by Crippen LogP contribution is 2.32. The van der Waals surface area contributed by atoms with Gasteiger partial charge >= 0.3 is 0 Å². The maximum absolute atomic E-state index is 12.5. The molecular weight excluding hydrogens is 376 g/mol. The van der Waals surface area contributed by atoms with Gasteiger partial charge in [-0.25, -0.2) is 0 Å². The summed E-state index contributed by atoms with van der Waals surface area (Å²) in [6, 6.07) is 7.83. The van der Waals surface area contributed by atoms with E-state index < -0.39 is 0 Å².